The molecule has 6 nitrogen and oxygen atoms in total. The molecule has 0 unspecified atom stereocenters. The molecular weight excluding hydrogens is 276 g/mol. The van der Waals surface area contributed by atoms with E-state index in [2.05, 4.69) is 0 Å². The highest BCUT2D eigenvalue weighted by Crippen LogP contribution is 2.31. The monoisotopic (exact) mass is 299 g/mol. The van der Waals surface area contributed by atoms with E-state index in [9.17, 15) is 9.59 Å². The Balaban J connectivity index is 3.29. The van der Waals surface area contributed by atoms with E-state index in [0.717, 1.165) is 0 Å². The van der Waals surface area contributed by atoms with Crippen molar-refractivity contribution < 1.29 is 32.6 Å². The summed E-state index contributed by atoms with van der Waals surface area (Å²) in [5.41, 5.74) is 0.187. The van der Waals surface area contributed by atoms with E-state index in [1.807, 2.05) is 0 Å². The van der Waals surface area contributed by atoms with Gasteiger partial charge in [-0.15, -0.1) is 0 Å². The minimum absolute atomic E-state index is 0.0868. The number of esters is 2. The first-order valence-corrected chi connectivity index (χ1v) is 6.43. The molecule has 0 saturated heterocycles. The molecule has 0 amide bonds. The van der Waals surface area contributed by atoms with Crippen LogP contribution in [0, 0.1) is 0 Å². The average Bonchev–Trinajstić information content (AvgIpc) is 2.46. The molecule has 1 rings (SSSR count). The van der Waals surface area contributed by atoms with Crippen LogP contribution in [0.4, 0.5) is 0 Å². The van der Waals surface area contributed by atoms with E-state index in [0.29, 0.717) is 0 Å². The highest BCUT2D eigenvalue weighted by molar-refractivity contribution is 6.01. The molecular formula is C15H20O6. The van der Waals surface area contributed by atoms with Gasteiger partial charge in [-0.25, -0.2) is 0 Å². The highest BCUT2D eigenvalue weighted by Gasteiger charge is 2.32. The van der Waals surface area contributed by atoms with Crippen molar-refractivity contribution in [3.8, 4) is 11.5 Å². The zero-order valence-electron chi connectivity index (χ0n) is 15.2. The Labute approximate surface area is 128 Å². The number of rotatable bonds is 7. The molecule has 0 aliphatic rings. The van der Waals surface area contributed by atoms with Crippen molar-refractivity contribution in [3.63, 3.8) is 0 Å². The first-order chi connectivity index (χ1) is 11.2. The van der Waals surface area contributed by atoms with Crippen LogP contribution in [0.5, 0.6) is 11.5 Å². The first-order valence-electron chi connectivity index (χ1n) is 7.93. The zero-order valence-corrected chi connectivity index (χ0v) is 12.2. The Morgan fingerprint density at radius 3 is 2.19 bits per heavy atom. The van der Waals surface area contributed by atoms with E-state index in [-0.39, 0.29) is 30.3 Å². The molecule has 116 valence electrons. The third-order valence-electron chi connectivity index (χ3n) is 2.68. The van der Waals surface area contributed by atoms with Gasteiger partial charge in [0, 0.05) is 0 Å². The van der Waals surface area contributed by atoms with Crippen molar-refractivity contribution in [2.24, 2.45) is 0 Å². The highest BCUT2D eigenvalue weighted by atomic mass is 16.6. The fourth-order valence-electron chi connectivity index (χ4n) is 1.77. The molecule has 6 heteroatoms. The van der Waals surface area contributed by atoms with Gasteiger partial charge in [-0.1, -0.05) is 6.07 Å². The Bertz CT molecular complexity index is 567. The molecule has 0 aromatic heterocycles. The number of hydrogen-bond acceptors (Lipinski definition) is 6. The van der Waals surface area contributed by atoms with Crippen LogP contribution < -0.4 is 9.47 Å². The van der Waals surface area contributed by atoms with Crippen molar-refractivity contribution in [2.45, 2.75) is 19.8 Å². The summed E-state index contributed by atoms with van der Waals surface area (Å²) in [5, 5.41) is 0. The Morgan fingerprint density at radius 2 is 1.71 bits per heavy atom. The van der Waals surface area contributed by atoms with Gasteiger partial charge in [-0.3, -0.25) is 9.59 Å². The number of benzene rings is 1. The molecule has 21 heavy (non-hydrogen) atoms. The van der Waals surface area contributed by atoms with Gasteiger partial charge in [-0.2, -0.15) is 0 Å². The maximum Gasteiger partial charge on any atom is 0.324 e. The summed E-state index contributed by atoms with van der Waals surface area (Å²) in [6.07, 6.45) is 0. The van der Waals surface area contributed by atoms with Crippen LogP contribution in [0.3, 0.4) is 0 Å². The third kappa shape index (κ3) is 4.11. The smallest absolute Gasteiger partial charge is 0.324 e. The number of carbonyl (C=O) groups is 2. The van der Waals surface area contributed by atoms with Crippen molar-refractivity contribution in [3.05, 3.63) is 23.8 Å². The van der Waals surface area contributed by atoms with E-state index in [1.54, 1.807) is 13.8 Å². The summed E-state index contributed by atoms with van der Waals surface area (Å²) in [4.78, 5) is 24.2. The molecule has 0 spiro atoms. The SMILES string of the molecule is [2H]C([2H])([2H])Oc1cc(C(C(=O)OCC)C(=O)OCC)ccc1OC. The Hall–Kier alpha value is -2.24. The Morgan fingerprint density at radius 1 is 1.10 bits per heavy atom. The zero-order chi connectivity index (χ0) is 18.3. The van der Waals surface area contributed by atoms with Crippen molar-refractivity contribution in [1.82, 2.24) is 0 Å². The lowest BCUT2D eigenvalue weighted by Crippen LogP contribution is -2.26. The van der Waals surface area contributed by atoms with Gasteiger partial charge in [0.2, 0.25) is 0 Å². The van der Waals surface area contributed by atoms with E-state index < -0.39 is 24.9 Å². The van der Waals surface area contributed by atoms with Crippen LogP contribution in [-0.2, 0) is 19.1 Å². The average molecular weight is 299 g/mol. The number of hydrogen-bond donors (Lipinski definition) is 0. The summed E-state index contributed by atoms with van der Waals surface area (Å²) in [7, 11) is -1.37. The second-order valence-corrected chi connectivity index (χ2v) is 3.95. The topological polar surface area (TPSA) is 71.1 Å². The van der Waals surface area contributed by atoms with E-state index in [4.69, 9.17) is 23.1 Å². The molecule has 0 saturated carbocycles. The predicted octanol–water partition coefficient (Wildman–Crippen LogP) is 1.91. The quantitative estimate of drug-likeness (QED) is 0.566. The van der Waals surface area contributed by atoms with Gasteiger partial charge in [0.05, 0.1) is 31.5 Å². The summed E-state index contributed by atoms with van der Waals surface area (Å²) in [5.74, 6) is -2.88. The molecule has 1 aromatic rings. The van der Waals surface area contributed by atoms with Gasteiger partial charge in [0.1, 0.15) is 0 Å². The second kappa shape index (κ2) is 8.14. The van der Waals surface area contributed by atoms with E-state index >= 15 is 0 Å². The summed E-state index contributed by atoms with van der Waals surface area (Å²) in [6, 6.07) is 4.11. The molecule has 0 aliphatic carbocycles. The van der Waals surface area contributed by atoms with Crippen LogP contribution >= 0.6 is 0 Å². The maximum atomic E-state index is 12.1. The Kier molecular flexibility index (Phi) is 4.84. The molecule has 0 fully saturated rings. The van der Waals surface area contributed by atoms with Crippen molar-refractivity contribution >= 4 is 11.9 Å². The molecule has 0 N–H and O–H groups in total. The largest absolute Gasteiger partial charge is 0.493 e. The first kappa shape index (κ1) is 12.5. The van der Waals surface area contributed by atoms with Crippen molar-refractivity contribution in [1.29, 1.82) is 0 Å². The molecule has 1 aromatic carbocycles. The molecule has 0 radical (unpaired) electrons. The summed E-state index contributed by atoms with van der Waals surface area (Å²) >= 11 is 0. The van der Waals surface area contributed by atoms with Gasteiger partial charge in [-0.05, 0) is 31.5 Å². The number of methoxy groups -OCH3 is 2. The lowest BCUT2D eigenvalue weighted by Gasteiger charge is -2.16. The van der Waals surface area contributed by atoms with Crippen LogP contribution in [0.25, 0.3) is 0 Å². The van der Waals surface area contributed by atoms with Crippen LogP contribution in [0.1, 0.15) is 29.4 Å². The standard InChI is InChI=1S/C15H20O6/c1-5-20-14(16)13(15(17)21-6-2)10-7-8-11(18-3)12(9-10)19-4/h7-9,13H,5-6H2,1-4H3/i4D3. The van der Waals surface area contributed by atoms with Crippen LogP contribution in [0.15, 0.2) is 18.2 Å². The number of ether oxygens (including phenoxy) is 4. The summed E-state index contributed by atoms with van der Waals surface area (Å²) in [6.45, 7) is 3.39. The van der Waals surface area contributed by atoms with Gasteiger partial charge >= 0.3 is 11.9 Å². The second-order valence-electron chi connectivity index (χ2n) is 3.95. The molecule has 0 aliphatic heterocycles. The normalized spacial score (nSPS) is 12.9. The van der Waals surface area contributed by atoms with Crippen LogP contribution in [0.2, 0.25) is 0 Å². The summed E-state index contributed by atoms with van der Waals surface area (Å²) < 4.78 is 41.3. The predicted molar refractivity (Wildman–Crippen MR) is 75.6 cm³/mol. The lowest BCUT2D eigenvalue weighted by molar-refractivity contribution is -0.156. The number of carbonyl (C=O) groups excluding carboxylic acids is 2. The lowest BCUT2D eigenvalue weighted by atomic mass is 9.98. The minimum atomic E-state index is -2.71. The fourth-order valence-corrected chi connectivity index (χ4v) is 1.77. The van der Waals surface area contributed by atoms with Gasteiger partial charge < -0.3 is 18.9 Å². The minimum Gasteiger partial charge on any atom is -0.493 e. The molecule has 0 heterocycles. The molecule has 0 bridgehead atoms. The van der Waals surface area contributed by atoms with Gasteiger partial charge in [0.15, 0.2) is 17.4 Å². The van der Waals surface area contributed by atoms with Crippen molar-refractivity contribution in [2.75, 3.05) is 27.4 Å². The van der Waals surface area contributed by atoms with Crippen LogP contribution in [-0.4, -0.2) is 39.3 Å². The fraction of sp³-hybridized carbons (Fsp3) is 0.467. The maximum absolute atomic E-state index is 12.1. The van der Waals surface area contributed by atoms with Gasteiger partial charge in [0.25, 0.3) is 0 Å². The molecule has 0 atom stereocenters. The third-order valence-corrected chi connectivity index (χ3v) is 2.68. The van der Waals surface area contributed by atoms with E-state index in [1.165, 1.54) is 25.3 Å².